The first kappa shape index (κ1) is 9.49. The van der Waals surface area contributed by atoms with Crippen LogP contribution in [0.25, 0.3) is 0 Å². The molecule has 2 fully saturated rings. The van der Waals surface area contributed by atoms with E-state index in [2.05, 4.69) is 10.6 Å². The summed E-state index contributed by atoms with van der Waals surface area (Å²) < 4.78 is 0. The zero-order valence-corrected chi connectivity index (χ0v) is 8.27. The van der Waals surface area contributed by atoms with Gasteiger partial charge in [0.05, 0.1) is 5.41 Å². The van der Waals surface area contributed by atoms with Gasteiger partial charge in [-0.25, -0.2) is 4.79 Å². The van der Waals surface area contributed by atoms with Crippen molar-refractivity contribution in [3.8, 4) is 0 Å². The van der Waals surface area contributed by atoms with Crippen LogP contribution in [0.1, 0.15) is 38.5 Å². The van der Waals surface area contributed by atoms with Gasteiger partial charge in [-0.05, 0) is 12.8 Å². The number of amides is 3. The Balaban J connectivity index is 2.12. The number of imide groups is 1. The molecule has 1 saturated carbocycles. The third-order valence-corrected chi connectivity index (χ3v) is 3.36. The zero-order valence-electron chi connectivity index (χ0n) is 8.27. The molecule has 1 aliphatic carbocycles. The third kappa shape index (κ3) is 1.61. The van der Waals surface area contributed by atoms with Crippen LogP contribution in [0, 0.1) is 5.41 Å². The summed E-state index contributed by atoms with van der Waals surface area (Å²) in [7, 11) is 0. The first-order valence-electron chi connectivity index (χ1n) is 5.32. The van der Waals surface area contributed by atoms with Gasteiger partial charge in [0.15, 0.2) is 0 Å². The molecule has 2 N–H and O–H groups in total. The number of nitrogens with one attached hydrogen (secondary N) is 2. The van der Waals surface area contributed by atoms with Crippen molar-refractivity contribution in [3.05, 3.63) is 0 Å². The van der Waals surface area contributed by atoms with Crippen LogP contribution >= 0.6 is 0 Å². The van der Waals surface area contributed by atoms with Gasteiger partial charge in [0.25, 0.3) is 0 Å². The smallest absolute Gasteiger partial charge is 0.321 e. The summed E-state index contributed by atoms with van der Waals surface area (Å²) in [6.45, 7) is 0.525. The highest BCUT2D eigenvalue weighted by Gasteiger charge is 2.42. The number of rotatable bonds is 0. The predicted molar refractivity (Wildman–Crippen MR) is 51.7 cm³/mol. The zero-order chi connectivity index (χ0) is 10.0. The first-order valence-corrected chi connectivity index (χ1v) is 5.32. The van der Waals surface area contributed by atoms with E-state index in [9.17, 15) is 9.59 Å². The highest BCUT2D eigenvalue weighted by Crippen LogP contribution is 2.35. The molecule has 3 amide bonds. The number of urea groups is 1. The van der Waals surface area contributed by atoms with Gasteiger partial charge in [0, 0.05) is 6.54 Å². The van der Waals surface area contributed by atoms with Gasteiger partial charge >= 0.3 is 6.03 Å². The van der Waals surface area contributed by atoms with E-state index in [0.717, 1.165) is 25.7 Å². The Morgan fingerprint density at radius 1 is 1.00 bits per heavy atom. The van der Waals surface area contributed by atoms with E-state index in [-0.39, 0.29) is 17.4 Å². The van der Waals surface area contributed by atoms with Crippen LogP contribution in [0.4, 0.5) is 4.79 Å². The molecule has 1 aliphatic heterocycles. The van der Waals surface area contributed by atoms with Crippen LogP contribution in [0.5, 0.6) is 0 Å². The highest BCUT2D eigenvalue weighted by molar-refractivity contribution is 6.00. The minimum absolute atomic E-state index is 0.0665. The summed E-state index contributed by atoms with van der Waals surface area (Å²) in [4.78, 5) is 22.7. The quantitative estimate of drug-likeness (QED) is 0.611. The van der Waals surface area contributed by atoms with Crippen LogP contribution in [0.3, 0.4) is 0 Å². The fraction of sp³-hybridized carbons (Fsp3) is 0.800. The van der Waals surface area contributed by atoms with E-state index >= 15 is 0 Å². The van der Waals surface area contributed by atoms with E-state index in [1.165, 1.54) is 12.8 Å². The van der Waals surface area contributed by atoms with Gasteiger partial charge in [-0.2, -0.15) is 0 Å². The molecular formula is C10H16N2O2. The third-order valence-electron chi connectivity index (χ3n) is 3.36. The maximum absolute atomic E-state index is 11.8. The molecule has 4 nitrogen and oxygen atoms in total. The maximum Gasteiger partial charge on any atom is 0.321 e. The molecule has 0 aromatic carbocycles. The Morgan fingerprint density at radius 2 is 1.64 bits per heavy atom. The molecule has 0 unspecified atom stereocenters. The summed E-state index contributed by atoms with van der Waals surface area (Å²) in [5, 5.41) is 5.11. The van der Waals surface area contributed by atoms with E-state index in [0.29, 0.717) is 6.54 Å². The molecule has 0 radical (unpaired) electrons. The summed E-state index contributed by atoms with van der Waals surface area (Å²) in [6, 6.07) is -0.343. The Morgan fingerprint density at radius 3 is 2.21 bits per heavy atom. The minimum atomic E-state index is -0.343. The summed E-state index contributed by atoms with van der Waals surface area (Å²) in [5.74, 6) is -0.0665. The monoisotopic (exact) mass is 196 g/mol. The topological polar surface area (TPSA) is 58.2 Å². The van der Waals surface area contributed by atoms with Crippen LogP contribution in [0.2, 0.25) is 0 Å². The molecule has 1 heterocycles. The average Bonchev–Trinajstić information content (AvgIpc) is 2.39. The summed E-state index contributed by atoms with van der Waals surface area (Å²) >= 11 is 0. The lowest BCUT2D eigenvalue weighted by molar-refractivity contribution is -0.131. The van der Waals surface area contributed by atoms with Crippen molar-refractivity contribution in [2.75, 3.05) is 6.54 Å². The maximum atomic E-state index is 11.8. The van der Waals surface area contributed by atoms with E-state index < -0.39 is 0 Å². The molecule has 78 valence electrons. The molecule has 2 rings (SSSR count). The van der Waals surface area contributed by atoms with Crippen molar-refractivity contribution >= 4 is 11.9 Å². The number of carbonyl (C=O) groups is 2. The van der Waals surface area contributed by atoms with Crippen molar-refractivity contribution in [1.82, 2.24) is 10.6 Å². The second-order valence-corrected chi connectivity index (χ2v) is 4.33. The molecule has 1 saturated heterocycles. The van der Waals surface area contributed by atoms with Gasteiger partial charge in [0.1, 0.15) is 0 Å². The lowest BCUT2D eigenvalue weighted by Gasteiger charge is -2.34. The molecule has 2 aliphatic rings. The van der Waals surface area contributed by atoms with Gasteiger partial charge in [0.2, 0.25) is 5.91 Å². The van der Waals surface area contributed by atoms with Crippen LogP contribution < -0.4 is 10.6 Å². The van der Waals surface area contributed by atoms with E-state index in [4.69, 9.17) is 0 Å². The lowest BCUT2D eigenvalue weighted by Crippen LogP contribution is -2.58. The van der Waals surface area contributed by atoms with Crippen molar-refractivity contribution in [2.45, 2.75) is 38.5 Å². The highest BCUT2D eigenvalue weighted by atomic mass is 16.2. The van der Waals surface area contributed by atoms with Gasteiger partial charge < -0.3 is 5.32 Å². The average molecular weight is 196 g/mol. The molecule has 0 atom stereocenters. The Labute approximate surface area is 83.4 Å². The second kappa shape index (κ2) is 3.59. The van der Waals surface area contributed by atoms with Crippen LogP contribution in [0.15, 0.2) is 0 Å². The Bertz CT molecular complexity index is 255. The second-order valence-electron chi connectivity index (χ2n) is 4.33. The number of carbonyl (C=O) groups excluding carboxylic acids is 2. The van der Waals surface area contributed by atoms with Crippen molar-refractivity contribution < 1.29 is 9.59 Å². The van der Waals surface area contributed by atoms with E-state index in [1.54, 1.807) is 0 Å². The fourth-order valence-corrected chi connectivity index (χ4v) is 2.42. The first-order chi connectivity index (χ1) is 6.73. The standard InChI is InChI=1S/C10H16N2O2/c13-8-10(7-11-9(14)12-8)5-3-1-2-4-6-10/h1-7H2,(H2,11,12,13,14). The molecule has 0 aromatic heterocycles. The van der Waals surface area contributed by atoms with Gasteiger partial charge in [-0.15, -0.1) is 0 Å². The SMILES string of the molecule is O=C1NCC2(CCCCCC2)C(=O)N1. The van der Waals surface area contributed by atoms with Gasteiger partial charge in [-0.1, -0.05) is 25.7 Å². The molecule has 14 heavy (non-hydrogen) atoms. The fourth-order valence-electron chi connectivity index (χ4n) is 2.42. The van der Waals surface area contributed by atoms with Gasteiger partial charge in [-0.3, -0.25) is 10.1 Å². The van der Waals surface area contributed by atoms with Crippen LogP contribution in [-0.2, 0) is 4.79 Å². The lowest BCUT2D eigenvalue weighted by atomic mass is 9.78. The Hall–Kier alpha value is -1.06. The minimum Gasteiger partial charge on any atom is -0.337 e. The van der Waals surface area contributed by atoms with Crippen molar-refractivity contribution in [2.24, 2.45) is 5.41 Å². The molecule has 1 spiro atoms. The van der Waals surface area contributed by atoms with Crippen LogP contribution in [-0.4, -0.2) is 18.5 Å². The van der Waals surface area contributed by atoms with Crippen molar-refractivity contribution in [3.63, 3.8) is 0 Å². The largest absolute Gasteiger partial charge is 0.337 e. The van der Waals surface area contributed by atoms with Crippen molar-refractivity contribution in [1.29, 1.82) is 0 Å². The molecule has 0 bridgehead atoms. The molecule has 0 aromatic rings. The molecular weight excluding hydrogens is 180 g/mol. The number of hydrogen-bond acceptors (Lipinski definition) is 2. The Kier molecular flexibility index (Phi) is 2.44. The number of hydrogen-bond donors (Lipinski definition) is 2. The predicted octanol–water partition coefficient (Wildman–Crippen LogP) is 1.17. The van der Waals surface area contributed by atoms with E-state index in [1.807, 2.05) is 0 Å². The molecule has 4 heteroatoms. The normalized spacial score (nSPS) is 26.6. The summed E-state index contributed by atoms with van der Waals surface area (Å²) in [5.41, 5.74) is -0.301. The summed E-state index contributed by atoms with van der Waals surface area (Å²) in [6.07, 6.45) is 6.46.